The molecule has 0 saturated carbocycles. The van der Waals surface area contributed by atoms with Crippen molar-refractivity contribution in [1.82, 2.24) is 0 Å². The van der Waals surface area contributed by atoms with Crippen LogP contribution >= 0.6 is 0 Å². The molecule has 0 spiro atoms. The first kappa shape index (κ1) is 7.49. The van der Waals surface area contributed by atoms with Gasteiger partial charge in [0.2, 0.25) is 0 Å². The van der Waals surface area contributed by atoms with Gasteiger partial charge in [0.1, 0.15) is 11.7 Å². The van der Waals surface area contributed by atoms with Crippen molar-refractivity contribution in [3.63, 3.8) is 0 Å². The van der Waals surface area contributed by atoms with E-state index in [2.05, 4.69) is 0 Å². The molecular weight excluding hydrogens is 146 g/mol. The summed E-state index contributed by atoms with van der Waals surface area (Å²) in [7, 11) is 0. The van der Waals surface area contributed by atoms with E-state index in [9.17, 15) is 5.11 Å². The van der Waals surface area contributed by atoms with Crippen molar-refractivity contribution in [2.45, 2.75) is 30.8 Å². The number of aliphatic hydroxyl groups is 1. The molecule has 0 aromatic rings. The Balaban J connectivity index is 2.33. The van der Waals surface area contributed by atoms with Gasteiger partial charge in [-0.3, -0.25) is 5.73 Å². The highest BCUT2D eigenvalue weighted by atomic mass is 16.6. The molecule has 11 heavy (non-hydrogen) atoms. The molecule has 0 aromatic carbocycles. The van der Waals surface area contributed by atoms with E-state index >= 15 is 0 Å². The van der Waals surface area contributed by atoms with Crippen molar-refractivity contribution >= 4 is 0 Å². The van der Waals surface area contributed by atoms with Crippen molar-refractivity contribution in [3.8, 4) is 0 Å². The highest BCUT2D eigenvalue weighted by Crippen LogP contribution is 2.42. The number of hydrogen-bond acceptors (Lipinski definition) is 4. The fraction of sp³-hybridized carbons (Fsp3) is 1.00. The number of aliphatic hydroxyl groups excluding tert-OH is 1. The third-order valence-corrected chi connectivity index (χ3v) is 2.80. The summed E-state index contributed by atoms with van der Waals surface area (Å²) < 4.78 is 10.7. The van der Waals surface area contributed by atoms with Crippen LogP contribution in [0, 0.1) is 0 Å². The first-order valence-corrected chi connectivity index (χ1v) is 3.83. The van der Waals surface area contributed by atoms with Crippen LogP contribution in [0.4, 0.5) is 0 Å². The Kier molecular flexibility index (Phi) is 1.33. The first-order chi connectivity index (χ1) is 5.08. The summed E-state index contributed by atoms with van der Waals surface area (Å²) in [6, 6.07) is 0. The van der Waals surface area contributed by atoms with Crippen LogP contribution in [0.1, 0.15) is 13.3 Å². The Morgan fingerprint density at radius 3 is 2.91 bits per heavy atom. The lowest BCUT2D eigenvalue weighted by Crippen LogP contribution is -2.59. The number of nitrogens with two attached hydrogens (primary N) is 1. The quantitative estimate of drug-likeness (QED) is 0.486. The molecule has 2 saturated heterocycles. The summed E-state index contributed by atoms with van der Waals surface area (Å²) in [5.41, 5.74) is 4.40. The van der Waals surface area contributed by atoms with E-state index in [4.69, 9.17) is 15.2 Å². The molecule has 3 atom stereocenters. The van der Waals surface area contributed by atoms with E-state index in [1.807, 2.05) is 6.92 Å². The van der Waals surface area contributed by atoms with Gasteiger partial charge in [0.15, 0.2) is 5.72 Å². The number of rotatable bonds is 0. The van der Waals surface area contributed by atoms with E-state index in [1.165, 1.54) is 0 Å². The summed E-state index contributed by atoms with van der Waals surface area (Å²) in [6.07, 6.45) is 0.0793. The van der Waals surface area contributed by atoms with E-state index in [0.29, 0.717) is 6.61 Å². The van der Waals surface area contributed by atoms with E-state index in [0.717, 1.165) is 6.42 Å². The molecule has 0 radical (unpaired) electrons. The average Bonchev–Trinajstić information content (AvgIpc) is 2.34. The number of fused-ring (bicyclic) bond motifs is 1. The maximum Gasteiger partial charge on any atom is 0.174 e. The maximum atomic E-state index is 9.45. The second-order valence-corrected chi connectivity index (χ2v) is 3.45. The maximum absolute atomic E-state index is 9.45. The lowest BCUT2D eigenvalue weighted by Gasteiger charge is -2.32. The summed E-state index contributed by atoms with van der Waals surface area (Å²) in [5.74, 6) is 0. The second-order valence-electron chi connectivity index (χ2n) is 3.45. The minimum absolute atomic E-state index is 0.285. The first-order valence-electron chi connectivity index (χ1n) is 3.83. The highest BCUT2D eigenvalue weighted by Gasteiger charge is 2.61. The summed E-state index contributed by atoms with van der Waals surface area (Å²) in [4.78, 5) is 0. The Labute approximate surface area is 65.3 Å². The SMILES string of the molecule is C[C@@]12CCO[C@]1(N)[C@H](O)CO2. The van der Waals surface area contributed by atoms with Gasteiger partial charge in [-0.2, -0.15) is 0 Å². The minimum Gasteiger partial charge on any atom is -0.386 e. The lowest BCUT2D eigenvalue weighted by molar-refractivity contribution is -0.103. The van der Waals surface area contributed by atoms with Crippen molar-refractivity contribution in [3.05, 3.63) is 0 Å². The predicted octanol–water partition coefficient (Wildman–Crippen LogP) is -0.788. The Morgan fingerprint density at radius 2 is 2.27 bits per heavy atom. The molecule has 4 heteroatoms. The second kappa shape index (κ2) is 1.95. The van der Waals surface area contributed by atoms with Crippen molar-refractivity contribution in [2.24, 2.45) is 5.73 Å². The molecule has 0 aromatic heterocycles. The number of hydrogen-bond donors (Lipinski definition) is 2. The average molecular weight is 159 g/mol. The minimum atomic E-state index is -0.965. The van der Waals surface area contributed by atoms with Crippen LogP contribution in [-0.2, 0) is 9.47 Å². The monoisotopic (exact) mass is 159 g/mol. The molecule has 4 nitrogen and oxygen atoms in total. The lowest BCUT2D eigenvalue weighted by atomic mass is 9.91. The third-order valence-electron chi connectivity index (χ3n) is 2.80. The summed E-state index contributed by atoms with van der Waals surface area (Å²) in [5, 5.41) is 9.45. The zero-order valence-corrected chi connectivity index (χ0v) is 6.54. The van der Waals surface area contributed by atoms with Gasteiger partial charge in [0.25, 0.3) is 0 Å². The van der Waals surface area contributed by atoms with E-state index in [-0.39, 0.29) is 6.61 Å². The van der Waals surface area contributed by atoms with Crippen molar-refractivity contribution < 1.29 is 14.6 Å². The van der Waals surface area contributed by atoms with Gasteiger partial charge in [-0.05, 0) is 6.92 Å². The molecule has 0 amide bonds. The van der Waals surface area contributed by atoms with Gasteiger partial charge in [-0.15, -0.1) is 0 Å². The molecule has 0 aliphatic carbocycles. The van der Waals surface area contributed by atoms with Crippen LogP contribution in [0.15, 0.2) is 0 Å². The molecule has 2 heterocycles. The highest BCUT2D eigenvalue weighted by molar-refractivity contribution is 5.08. The normalized spacial score (nSPS) is 56.5. The predicted molar refractivity (Wildman–Crippen MR) is 37.9 cm³/mol. The van der Waals surface area contributed by atoms with Gasteiger partial charge >= 0.3 is 0 Å². The van der Waals surface area contributed by atoms with Crippen LogP contribution in [-0.4, -0.2) is 35.8 Å². The number of ether oxygens (including phenoxy) is 2. The van der Waals surface area contributed by atoms with Crippen LogP contribution < -0.4 is 5.73 Å². The smallest absolute Gasteiger partial charge is 0.174 e. The van der Waals surface area contributed by atoms with Crippen molar-refractivity contribution in [1.29, 1.82) is 0 Å². The van der Waals surface area contributed by atoms with E-state index < -0.39 is 17.4 Å². The molecule has 0 bridgehead atoms. The van der Waals surface area contributed by atoms with Crippen LogP contribution in [0.2, 0.25) is 0 Å². The standard InChI is InChI=1S/C7H13NO3/c1-6-2-3-10-7(6,8)5(9)4-11-6/h5,9H,2-4,8H2,1H3/t5-,6-,7-/m1/s1. The Bertz CT molecular complexity index is 187. The topological polar surface area (TPSA) is 64.7 Å². The molecule has 2 rings (SSSR count). The van der Waals surface area contributed by atoms with E-state index in [1.54, 1.807) is 0 Å². The van der Waals surface area contributed by atoms with Gasteiger partial charge < -0.3 is 14.6 Å². The van der Waals surface area contributed by atoms with Crippen LogP contribution in [0.3, 0.4) is 0 Å². The fourth-order valence-electron chi connectivity index (χ4n) is 1.78. The third kappa shape index (κ3) is 0.727. The van der Waals surface area contributed by atoms with Gasteiger partial charge in [0.05, 0.1) is 13.2 Å². The molecular formula is C7H13NO3. The van der Waals surface area contributed by atoms with Gasteiger partial charge in [-0.1, -0.05) is 0 Å². The zero-order chi connectivity index (χ0) is 8.11. The summed E-state index contributed by atoms with van der Waals surface area (Å²) in [6.45, 7) is 2.74. The molecule has 2 aliphatic heterocycles. The molecule has 2 aliphatic rings. The molecule has 3 N–H and O–H groups in total. The van der Waals surface area contributed by atoms with Gasteiger partial charge in [-0.25, -0.2) is 0 Å². The Hall–Kier alpha value is -0.160. The largest absolute Gasteiger partial charge is 0.386 e. The molecule has 64 valence electrons. The zero-order valence-electron chi connectivity index (χ0n) is 6.54. The molecule has 0 unspecified atom stereocenters. The molecule has 2 fully saturated rings. The summed E-state index contributed by atoms with van der Waals surface area (Å²) >= 11 is 0. The van der Waals surface area contributed by atoms with Crippen molar-refractivity contribution in [2.75, 3.05) is 13.2 Å². The van der Waals surface area contributed by atoms with Crippen LogP contribution in [0.5, 0.6) is 0 Å². The fourth-order valence-corrected chi connectivity index (χ4v) is 1.78. The van der Waals surface area contributed by atoms with Crippen LogP contribution in [0.25, 0.3) is 0 Å². The van der Waals surface area contributed by atoms with Gasteiger partial charge in [0, 0.05) is 6.42 Å². The Morgan fingerprint density at radius 1 is 1.55 bits per heavy atom.